The Bertz CT molecular complexity index is 1430. The van der Waals surface area contributed by atoms with E-state index in [9.17, 15) is 13.2 Å². The molecule has 0 fully saturated rings. The van der Waals surface area contributed by atoms with Gasteiger partial charge in [-0.05, 0) is 54.3 Å². The van der Waals surface area contributed by atoms with Crippen LogP contribution in [0.15, 0.2) is 95.9 Å². The van der Waals surface area contributed by atoms with E-state index >= 15 is 0 Å². The first-order valence-corrected chi connectivity index (χ1v) is 12.6. The third-order valence-electron chi connectivity index (χ3n) is 5.47. The second-order valence-corrected chi connectivity index (χ2v) is 9.49. The summed E-state index contributed by atoms with van der Waals surface area (Å²) in [6.07, 6.45) is -0.312. The highest BCUT2D eigenvalue weighted by molar-refractivity contribution is 7.92. The molecule has 35 heavy (non-hydrogen) atoms. The Balaban J connectivity index is 1.46. The van der Waals surface area contributed by atoms with E-state index in [1.54, 1.807) is 42.5 Å². The molecule has 0 spiro atoms. The van der Waals surface area contributed by atoms with Gasteiger partial charge in [0.05, 0.1) is 17.7 Å². The monoisotopic (exact) mass is 490 g/mol. The molecule has 0 radical (unpaired) electrons. The van der Waals surface area contributed by atoms with Crippen LogP contribution in [-0.2, 0) is 14.8 Å². The maximum atomic E-state index is 13.0. The second-order valence-electron chi connectivity index (χ2n) is 7.81. The molecule has 0 aliphatic rings. The maximum Gasteiger partial charge on any atom is 0.265 e. The van der Waals surface area contributed by atoms with E-state index in [0.717, 1.165) is 10.8 Å². The van der Waals surface area contributed by atoms with E-state index in [4.69, 9.17) is 9.47 Å². The number of nitrogens with one attached hydrogen (secondary N) is 2. The number of hydrogen-bond acceptors (Lipinski definition) is 5. The van der Waals surface area contributed by atoms with Crippen LogP contribution < -0.4 is 19.5 Å². The lowest BCUT2D eigenvalue weighted by Gasteiger charge is -2.19. The van der Waals surface area contributed by atoms with Crippen LogP contribution in [0.4, 0.5) is 11.4 Å². The Morgan fingerprint density at radius 1 is 0.857 bits per heavy atom. The summed E-state index contributed by atoms with van der Waals surface area (Å²) < 4.78 is 39.7. The molecular weight excluding hydrogens is 464 g/mol. The molecule has 0 heterocycles. The van der Waals surface area contributed by atoms with Crippen molar-refractivity contribution in [2.24, 2.45) is 0 Å². The normalized spacial score (nSPS) is 12.1. The Hall–Kier alpha value is -4.04. The standard InChI is InChI=1S/C27H26N2O5S/c1-3-24(34-26-14-7-6-13-25(26)33-2)27(30)28-20-15-17-21(18-16-20)35(31,32)29-23-12-8-10-19-9-4-5-11-22(19)23/h4-18,24,29H,3H2,1-2H3,(H,28,30)/t24-/m1/s1. The van der Waals surface area contributed by atoms with Crippen molar-refractivity contribution >= 4 is 38.1 Å². The summed E-state index contributed by atoms with van der Waals surface area (Å²) in [6.45, 7) is 1.84. The smallest absolute Gasteiger partial charge is 0.265 e. The van der Waals surface area contributed by atoms with Gasteiger partial charge < -0.3 is 14.8 Å². The van der Waals surface area contributed by atoms with Gasteiger partial charge in [0.2, 0.25) is 0 Å². The van der Waals surface area contributed by atoms with Gasteiger partial charge in [0.15, 0.2) is 17.6 Å². The first kappa shape index (κ1) is 24.1. The highest BCUT2D eigenvalue weighted by Gasteiger charge is 2.21. The quantitative estimate of drug-likeness (QED) is 0.326. The van der Waals surface area contributed by atoms with Crippen LogP contribution in [0.25, 0.3) is 10.8 Å². The van der Waals surface area contributed by atoms with E-state index in [1.807, 2.05) is 43.3 Å². The number of rotatable bonds is 9. The summed E-state index contributed by atoms with van der Waals surface area (Å²) in [4.78, 5) is 12.9. The van der Waals surface area contributed by atoms with Crippen LogP contribution in [0, 0.1) is 0 Å². The molecule has 8 heteroatoms. The number of ether oxygens (including phenoxy) is 2. The molecule has 0 bridgehead atoms. The van der Waals surface area contributed by atoms with Gasteiger partial charge in [-0.25, -0.2) is 8.42 Å². The highest BCUT2D eigenvalue weighted by Crippen LogP contribution is 2.28. The Morgan fingerprint density at radius 2 is 1.51 bits per heavy atom. The van der Waals surface area contributed by atoms with E-state index < -0.39 is 16.1 Å². The molecule has 4 aromatic rings. The van der Waals surface area contributed by atoms with Gasteiger partial charge in [0, 0.05) is 11.1 Å². The van der Waals surface area contributed by atoms with Gasteiger partial charge in [-0.15, -0.1) is 0 Å². The van der Waals surface area contributed by atoms with Crippen molar-refractivity contribution in [3.63, 3.8) is 0 Å². The third-order valence-corrected chi connectivity index (χ3v) is 6.85. The molecule has 0 unspecified atom stereocenters. The first-order chi connectivity index (χ1) is 16.9. The predicted molar refractivity (Wildman–Crippen MR) is 138 cm³/mol. The van der Waals surface area contributed by atoms with Crippen molar-refractivity contribution in [1.82, 2.24) is 0 Å². The van der Waals surface area contributed by atoms with Gasteiger partial charge in [-0.3, -0.25) is 9.52 Å². The summed E-state index contributed by atoms with van der Waals surface area (Å²) in [5.41, 5.74) is 0.959. The van der Waals surface area contributed by atoms with Crippen molar-refractivity contribution in [2.75, 3.05) is 17.1 Å². The molecule has 180 valence electrons. The van der Waals surface area contributed by atoms with Crippen LogP contribution >= 0.6 is 0 Å². The van der Waals surface area contributed by atoms with E-state index in [1.165, 1.54) is 19.2 Å². The molecular formula is C27H26N2O5S. The Morgan fingerprint density at radius 3 is 2.23 bits per heavy atom. The molecule has 0 saturated carbocycles. The summed E-state index contributed by atoms with van der Waals surface area (Å²) in [5.74, 6) is 0.660. The van der Waals surface area contributed by atoms with Crippen molar-refractivity contribution < 1.29 is 22.7 Å². The molecule has 4 rings (SSSR count). The number of fused-ring (bicyclic) bond motifs is 1. The number of carbonyl (C=O) groups excluding carboxylic acids is 1. The van der Waals surface area contributed by atoms with Gasteiger partial charge in [0.25, 0.3) is 15.9 Å². The first-order valence-electron chi connectivity index (χ1n) is 11.1. The molecule has 7 nitrogen and oxygen atoms in total. The maximum absolute atomic E-state index is 13.0. The minimum atomic E-state index is -3.82. The summed E-state index contributed by atoms with van der Waals surface area (Å²) >= 11 is 0. The van der Waals surface area contributed by atoms with E-state index in [2.05, 4.69) is 10.0 Å². The van der Waals surface area contributed by atoms with Crippen molar-refractivity contribution in [1.29, 1.82) is 0 Å². The fourth-order valence-electron chi connectivity index (χ4n) is 3.65. The molecule has 0 saturated heterocycles. The average molecular weight is 491 g/mol. The number of anilines is 2. The topological polar surface area (TPSA) is 93.7 Å². The minimum absolute atomic E-state index is 0.0840. The molecule has 2 N–H and O–H groups in total. The molecule has 1 atom stereocenters. The van der Waals surface area contributed by atoms with Crippen LogP contribution in [0.2, 0.25) is 0 Å². The van der Waals surface area contributed by atoms with Gasteiger partial charge in [-0.2, -0.15) is 0 Å². The largest absolute Gasteiger partial charge is 0.493 e. The van der Waals surface area contributed by atoms with E-state index in [0.29, 0.717) is 29.3 Å². The summed E-state index contributed by atoms with van der Waals surface area (Å²) in [5, 5.41) is 4.53. The minimum Gasteiger partial charge on any atom is -0.493 e. The Kier molecular flexibility index (Phi) is 7.22. The lowest BCUT2D eigenvalue weighted by atomic mass is 10.1. The number of amides is 1. The summed E-state index contributed by atoms with van der Waals surface area (Å²) in [6, 6.07) is 26.1. The van der Waals surface area contributed by atoms with Gasteiger partial charge >= 0.3 is 0 Å². The van der Waals surface area contributed by atoms with E-state index in [-0.39, 0.29) is 10.8 Å². The number of para-hydroxylation sites is 2. The lowest BCUT2D eigenvalue weighted by Crippen LogP contribution is -2.32. The molecule has 0 aliphatic heterocycles. The zero-order valence-electron chi connectivity index (χ0n) is 19.4. The van der Waals surface area contributed by atoms with Gasteiger partial charge in [-0.1, -0.05) is 55.5 Å². The lowest BCUT2D eigenvalue weighted by molar-refractivity contribution is -0.122. The van der Waals surface area contributed by atoms with Crippen LogP contribution in [0.3, 0.4) is 0 Å². The van der Waals surface area contributed by atoms with Crippen molar-refractivity contribution in [3.8, 4) is 11.5 Å². The van der Waals surface area contributed by atoms with Crippen LogP contribution in [0.1, 0.15) is 13.3 Å². The number of hydrogen-bond donors (Lipinski definition) is 2. The number of methoxy groups -OCH3 is 1. The fraction of sp³-hybridized carbons (Fsp3) is 0.148. The molecule has 4 aromatic carbocycles. The van der Waals surface area contributed by atoms with Crippen molar-refractivity contribution in [3.05, 3.63) is 91.0 Å². The number of sulfonamides is 1. The number of benzene rings is 4. The fourth-order valence-corrected chi connectivity index (χ4v) is 4.73. The highest BCUT2D eigenvalue weighted by atomic mass is 32.2. The third kappa shape index (κ3) is 5.55. The average Bonchev–Trinajstić information content (AvgIpc) is 2.87. The van der Waals surface area contributed by atoms with Gasteiger partial charge in [0.1, 0.15) is 0 Å². The SMILES string of the molecule is CC[C@@H](Oc1ccccc1OC)C(=O)Nc1ccc(S(=O)(=O)Nc2cccc3ccccc23)cc1. The predicted octanol–water partition coefficient (Wildman–Crippen LogP) is 5.45. The zero-order chi connectivity index (χ0) is 24.8. The molecule has 0 aromatic heterocycles. The molecule has 1 amide bonds. The van der Waals surface area contributed by atoms with Crippen molar-refractivity contribution in [2.45, 2.75) is 24.3 Å². The second kappa shape index (κ2) is 10.5. The van der Waals surface area contributed by atoms with Crippen LogP contribution in [-0.4, -0.2) is 27.5 Å². The summed E-state index contributed by atoms with van der Waals surface area (Å²) in [7, 11) is -2.29. The molecule has 0 aliphatic carbocycles. The zero-order valence-corrected chi connectivity index (χ0v) is 20.2. The Labute approximate surface area is 204 Å². The van der Waals surface area contributed by atoms with Crippen LogP contribution in [0.5, 0.6) is 11.5 Å². The number of carbonyl (C=O) groups is 1.